The molecule has 0 saturated heterocycles. The summed E-state index contributed by atoms with van der Waals surface area (Å²) in [4.78, 5) is 38.5. The van der Waals surface area contributed by atoms with Gasteiger partial charge in [-0.1, -0.05) is 41.9 Å². The molecule has 34 heavy (non-hydrogen) atoms. The largest absolute Gasteiger partial charge is 0.497 e. The normalized spacial score (nSPS) is 10.7. The average Bonchev–Trinajstić information content (AvgIpc) is 2.86. The van der Waals surface area contributed by atoms with Crippen LogP contribution in [0.4, 0.5) is 5.69 Å². The zero-order valence-electron chi connectivity index (χ0n) is 18.5. The molecule has 0 radical (unpaired) electrons. The first-order valence-electron chi connectivity index (χ1n) is 10.4. The monoisotopic (exact) mass is 476 g/mol. The quantitative estimate of drug-likeness (QED) is 0.409. The number of hydrogen-bond acceptors (Lipinski definition) is 5. The van der Waals surface area contributed by atoms with Gasteiger partial charge < -0.3 is 19.4 Å². The van der Waals surface area contributed by atoms with Crippen LogP contribution in [0.5, 0.6) is 5.75 Å². The molecular formula is C26H21ClN2O5. The third-order valence-corrected chi connectivity index (χ3v) is 5.59. The number of methoxy groups -OCH3 is 1. The Balaban J connectivity index is 1.66. The van der Waals surface area contributed by atoms with Crippen LogP contribution < -0.4 is 15.6 Å². The van der Waals surface area contributed by atoms with Gasteiger partial charge in [0.2, 0.25) is 0 Å². The number of ether oxygens (including phenoxy) is 2. The van der Waals surface area contributed by atoms with Crippen molar-refractivity contribution >= 4 is 39.9 Å². The number of esters is 1. The first kappa shape index (κ1) is 23.1. The molecule has 0 aliphatic carbocycles. The van der Waals surface area contributed by atoms with Gasteiger partial charge in [0.25, 0.3) is 11.5 Å². The molecule has 8 heteroatoms. The predicted molar refractivity (Wildman–Crippen MR) is 132 cm³/mol. The highest BCUT2D eigenvalue weighted by Crippen LogP contribution is 2.31. The van der Waals surface area contributed by atoms with Crippen molar-refractivity contribution in [2.24, 2.45) is 7.05 Å². The summed E-state index contributed by atoms with van der Waals surface area (Å²) in [5, 5.41) is 4.25. The number of carbonyl (C=O) groups is 2. The van der Waals surface area contributed by atoms with Crippen LogP contribution in [0.3, 0.4) is 0 Å². The molecule has 0 bridgehead atoms. The van der Waals surface area contributed by atoms with E-state index in [2.05, 4.69) is 5.32 Å². The summed E-state index contributed by atoms with van der Waals surface area (Å²) in [5.41, 5.74) is 1.44. The average molecular weight is 477 g/mol. The fourth-order valence-corrected chi connectivity index (χ4v) is 3.81. The second-order valence-corrected chi connectivity index (χ2v) is 7.93. The molecule has 3 aromatic carbocycles. The van der Waals surface area contributed by atoms with Gasteiger partial charge in [0, 0.05) is 28.7 Å². The van der Waals surface area contributed by atoms with Crippen molar-refractivity contribution in [3.63, 3.8) is 0 Å². The van der Waals surface area contributed by atoms with Gasteiger partial charge in [-0.3, -0.25) is 9.59 Å². The number of anilines is 1. The minimum absolute atomic E-state index is 0.0447. The third-order valence-electron chi connectivity index (χ3n) is 5.34. The van der Waals surface area contributed by atoms with Crippen molar-refractivity contribution in [1.29, 1.82) is 0 Å². The summed E-state index contributed by atoms with van der Waals surface area (Å²) in [6.45, 7) is -0.522. The Bertz CT molecular complexity index is 1430. The second kappa shape index (κ2) is 9.80. The highest BCUT2D eigenvalue weighted by atomic mass is 35.5. The number of halogens is 1. The lowest BCUT2D eigenvalue weighted by atomic mass is 9.97. The van der Waals surface area contributed by atoms with E-state index in [1.54, 1.807) is 79.9 Å². The minimum Gasteiger partial charge on any atom is -0.497 e. The van der Waals surface area contributed by atoms with E-state index in [9.17, 15) is 14.4 Å². The predicted octanol–water partition coefficient (Wildman–Crippen LogP) is 4.66. The van der Waals surface area contributed by atoms with Crippen molar-refractivity contribution in [1.82, 2.24) is 4.57 Å². The van der Waals surface area contributed by atoms with Crippen LogP contribution in [-0.2, 0) is 16.6 Å². The maximum absolute atomic E-state index is 13.2. The summed E-state index contributed by atoms with van der Waals surface area (Å²) in [6.07, 6.45) is 0. The number of rotatable bonds is 6. The fourth-order valence-electron chi connectivity index (χ4n) is 3.68. The molecule has 172 valence electrons. The Morgan fingerprint density at radius 3 is 2.24 bits per heavy atom. The number of fused-ring (bicyclic) bond motifs is 1. The van der Waals surface area contributed by atoms with Crippen molar-refractivity contribution in [2.45, 2.75) is 0 Å². The number of nitrogens with one attached hydrogen (secondary N) is 1. The van der Waals surface area contributed by atoms with Crippen LogP contribution in [-0.4, -0.2) is 30.2 Å². The topological polar surface area (TPSA) is 86.6 Å². The molecule has 0 spiro atoms. The van der Waals surface area contributed by atoms with E-state index >= 15 is 0 Å². The molecule has 1 heterocycles. The van der Waals surface area contributed by atoms with Gasteiger partial charge in [-0.25, -0.2) is 4.79 Å². The first-order valence-corrected chi connectivity index (χ1v) is 10.8. The maximum Gasteiger partial charge on any atom is 0.356 e. The number of aromatic nitrogens is 1. The summed E-state index contributed by atoms with van der Waals surface area (Å²) < 4.78 is 11.7. The maximum atomic E-state index is 13.2. The van der Waals surface area contributed by atoms with E-state index in [0.717, 1.165) is 0 Å². The highest BCUT2D eigenvalue weighted by Gasteiger charge is 2.23. The fraction of sp³-hybridized carbons (Fsp3) is 0.115. The Kier molecular flexibility index (Phi) is 6.65. The highest BCUT2D eigenvalue weighted by molar-refractivity contribution is 6.30. The van der Waals surface area contributed by atoms with E-state index < -0.39 is 18.5 Å². The molecule has 0 saturated carbocycles. The van der Waals surface area contributed by atoms with Crippen molar-refractivity contribution in [2.75, 3.05) is 19.0 Å². The Labute approximate surface area is 200 Å². The lowest BCUT2D eigenvalue weighted by molar-refractivity contribution is -0.119. The lowest BCUT2D eigenvalue weighted by Gasteiger charge is -2.17. The number of amides is 1. The van der Waals surface area contributed by atoms with E-state index in [4.69, 9.17) is 21.1 Å². The molecule has 0 unspecified atom stereocenters. The zero-order chi connectivity index (χ0) is 24.2. The van der Waals surface area contributed by atoms with Gasteiger partial charge in [0.1, 0.15) is 11.4 Å². The molecule has 1 amide bonds. The van der Waals surface area contributed by atoms with Crippen LogP contribution in [0.1, 0.15) is 10.5 Å². The van der Waals surface area contributed by atoms with E-state index in [-0.39, 0.29) is 11.3 Å². The molecule has 1 aromatic heterocycles. The molecule has 4 aromatic rings. The van der Waals surface area contributed by atoms with E-state index in [1.165, 1.54) is 11.6 Å². The third kappa shape index (κ3) is 4.65. The number of hydrogen-bond donors (Lipinski definition) is 1. The van der Waals surface area contributed by atoms with Gasteiger partial charge in [-0.2, -0.15) is 0 Å². The zero-order valence-corrected chi connectivity index (χ0v) is 19.3. The van der Waals surface area contributed by atoms with Crippen molar-refractivity contribution in [3.8, 4) is 16.9 Å². The van der Waals surface area contributed by atoms with Gasteiger partial charge in [-0.15, -0.1) is 0 Å². The molecule has 0 atom stereocenters. The van der Waals surface area contributed by atoms with E-state index in [1.807, 2.05) is 0 Å². The summed E-state index contributed by atoms with van der Waals surface area (Å²) in [6, 6.07) is 20.7. The Hall–Kier alpha value is -4.10. The van der Waals surface area contributed by atoms with Gasteiger partial charge >= 0.3 is 5.97 Å². The summed E-state index contributed by atoms with van der Waals surface area (Å²) in [7, 11) is 3.05. The molecule has 0 aliphatic rings. The summed E-state index contributed by atoms with van der Waals surface area (Å²) in [5.74, 6) is -0.658. The smallest absolute Gasteiger partial charge is 0.356 e. The molecule has 0 aliphatic heterocycles. The Morgan fingerprint density at radius 2 is 1.59 bits per heavy atom. The lowest BCUT2D eigenvalue weighted by Crippen LogP contribution is -2.28. The number of benzene rings is 3. The molecule has 0 fully saturated rings. The van der Waals surface area contributed by atoms with Crippen LogP contribution in [0.25, 0.3) is 21.9 Å². The number of nitrogens with zero attached hydrogens (tertiary/aromatic N) is 1. The Morgan fingerprint density at radius 1 is 0.941 bits per heavy atom. The van der Waals surface area contributed by atoms with Gasteiger partial charge in [0.15, 0.2) is 6.61 Å². The van der Waals surface area contributed by atoms with Crippen LogP contribution in [0.15, 0.2) is 77.6 Å². The molecule has 4 rings (SSSR count). The molecule has 1 N–H and O–H groups in total. The van der Waals surface area contributed by atoms with Crippen molar-refractivity contribution in [3.05, 3.63) is 93.9 Å². The molecular weight excluding hydrogens is 456 g/mol. The SMILES string of the molecule is COc1ccc(NC(=O)COC(=O)c2c(-c3ccc(Cl)cc3)c3ccccc3c(=O)n2C)cc1. The molecule has 7 nitrogen and oxygen atoms in total. The second-order valence-electron chi connectivity index (χ2n) is 7.49. The number of pyridine rings is 1. The standard InChI is InChI=1S/C26H21ClN2O5/c1-29-24(26(32)34-15-22(30)28-18-11-13-19(33-2)14-12-18)23(16-7-9-17(27)10-8-16)20-5-3-4-6-21(20)25(29)31/h3-14H,15H2,1-2H3,(H,28,30). The number of carbonyl (C=O) groups excluding carboxylic acids is 2. The van der Waals surface area contributed by atoms with Crippen LogP contribution >= 0.6 is 11.6 Å². The van der Waals surface area contributed by atoms with Gasteiger partial charge in [-0.05, 0) is 53.4 Å². The van der Waals surface area contributed by atoms with Gasteiger partial charge in [0.05, 0.1) is 7.11 Å². The van der Waals surface area contributed by atoms with Crippen LogP contribution in [0.2, 0.25) is 5.02 Å². The minimum atomic E-state index is -0.791. The van der Waals surface area contributed by atoms with E-state index in [0.29, 0.717) is 38.4 Å². The summed E-state index contributed by atoms with van der Waals surface area (Å²) >= 11 is 6.05. The van der Waals surface area contributed by atoms with Crippen LogP contribution in [0, 0.1) is 0 Å². The van der Waals surface area contributed by atoms with Crippen molar-refractivity contribution < 1.29 is 19.1 Å². The first-order chi connectivity index (χ1) is 16.4.